The van der Waals surface area contributed by atoms with Gasteiger partial charge in [-0.1, -0.05) is 0 Å². The van der Waals surface area contributed by atoms with Gasteiger partial charge in [0, 0.05) is 25.3 Å². The van der Waals surface area contributed by atoms with Gasteiger partial charge in [0.1, 0.15) is 12.4 Å². The van der Waals surface area contributed by atoms with Gasteiger partial charge < -0.3 is 19.5 Å². The van der Waals surface area contributed by atoms with Gasteiger partial charge in [0.2, 0.25) is 0 Å². The number of hydrogen-bond donors (Lipinski definition) is 1. The molecule has 0 aromatic heterocycles. The molecule has 2 aliphatic heterocycles. The fraction of sp³-hybridized carbons (Fsp3) is 0.556. The quantitative estimate of drug-likeness (QED) is 0.805. The van der Waals surface area contributed by atoms with E-state index in [0.29, 0.717) is 41.8 Å². The van der Waals surface area contributed by atoms with E-state index in [-0.39, 0.29) is 18.6 Å². The number of ether oxygens (including phenoxy) is 2. The molecule has 1 N–H and O–H groups in total. The lowest BCUT2D eigenvalue weighted by molar-refractivity contribution is -0.143. The Morgan fingerprint density at radius 1 is 1.32 bits per heavy atom. The van der Waals surface area contributed by atoms with E-state index >= 15 is 0 Å². The van der Waals surface area contributed by atoms with Crippen molar-refractivity contribution >= 4 is 27.8 Å². The van der Waals surface area contributed by atoms with Crippen molar-refractivity contribution in [3.8, 4) is 5.75 Å². The van der Waals surface area contributed by atoms with Gasteiger partial charge >= 0.3 is 5.97 Å². The minimum atomic E-state index is -0.837. The van der Waals surface area contributed by atoms with Crippen LogP contribution >= 0.6 is 15.9 Å². The molecule has 0 spiro atoms. The molecule has 2 heterocycles. The number of carbonyl (C=O) groups excluding carboxylic acids is 1. The highest BCUT2D eigenvalue weighted by atomic mass is 79.9. The molecule has 1 amide bonds. The summed E-state index contributed by atoms with van der Waals surface area (Å²) in [6.45, 7) is 2.15. The standard InChI is InChI=1S/C18H22BrNO5/c19-15-9-12(5-6-16(15)25-11-14-4-2-8-24-14)17(21)20-7-1-3-13(10-20)18(22)23/h5-6,9,13-14H,1-4,7-8,10-11H2,(H,22,23). The van der Waals surface area contributed by atoms with Crippen LogP contribution in [0, 0.1) is 5.92 Å². The van der Waals surface area contributed by atoms with Gasteiger partial charge in [0.05, 0.1) is 16.5 Å². The number of rotatable bonds is 5. The Morgan fingerprint density at radius 3 is 2.84 bits per heavy atom. The van der Waals surface area contributed by atoms with Crippen LogP contribution in [0.2, 0.25) is 0 Å². The second kappa shape index (κ2) is 8.19. The molecule has 1 aromatic rings. The van der Waals surface area contributed by atoms with Crippen molar-refractivity contribution in [3.63, 3.8) is 0 Å². The predicted octanol–water partition coefficient (Wildman–Crippen LogP) is 2.94. The van der Waals surface area contributed by atoms with Crippen LogP contribution in [0.3, 0.4) is 0 Å². The monoisotopic (exact) mass is 411 g/mol. The van der Waals surface area contributed by atoms with E-state index in [9.17, 15) is 9.59 Å². The molecule has 3 rings (SSSR count). The largest absolute Gasteiger partial charge is 0.490 e. The molecule has 2 unspecified atom stereocenters. The minimum absolute atomic E-state index is 0.134. The second-order valence-electron chi connectivity index (χ2n) is 6.52. The number of aliphatic carboxylic acids is 1. The third kappa shape index (κ3) is 4.52. The topological polar surface area (TPSA) is 76.1 Å². The fourth-order valence-electron chi connectivity index (χ4n) is 3.26. The third-order valence-corrected chi connectivity index (χ3v) is 5.31. The van der Waals surface area contributed by atoms with Crippen molar-refractivity contribution in [3.05, 3.63) is 28.2 Å². The summed E-state index contributed by atoms with van der Waals surface area (Å²) < 4.78 is 12.0. The molecule has 0 aliphatic carbocycles. The zero-order valence-electron chi connectivity index (χ0n) is 13.9. The van der Waals surface area contributed by atoms with Gasteiger partial charge in [0.25, 0.3) is 5.91 Å². The van der Waals surface area contributed by atoms with E-state index in [2.05, 4.69) is 15.9 Å². The van der Waals surface area contributed by atoms with E-state index in [4.69, 9.17) is 14.6 Å². The first-order chi connectivity index (χ1) is 12.0. The molecular weight excluding hydrogens is 390 g/mol. The van der Waals surface area contributed by atoms with Crippen LogP contribution in [0.5, 0.6) is 5.75 Å². The molecule has 6 nitrogen and oxygen atoms in total. The molecule has 136 valence electrons. The molecule has 0 bridgehead atoms. The molecule has 1 aromatic carbocycles. The number of carboxylic acid groups (broad SMARTS) is 1. The summed E-state index contributed by atoms with van der Waals surface area (Å²) in [5.74, 6) is -0.779. The van der Waals surface area contributed by atoms with Crippen LogP contribution in [0.1, 0.15) is 36.0 Å². The van der Waals surface area contributed by atoms with Crippen molar-refractivity contribution in [1.29, 1.82) is 0 Å². The molecule has 25 heavy (non-hydrogen) atoms. The molecular formula is C18H22BrNO5. The molecule has 7 heteroatoms. The number of benzene rings is 1. The number of hydrogen-bond acceptors (Lipinski definition) is 4. The van der Waals surface area contributed by atoms with Gasteiger partial charge in [-0.15, -0.1) is 0 Å². The summed E-state index contributed by atoms with van der Waals surface area (Å²) in [6, 6.07) is 5.23. The first-order valence-corrected chi connectivity index (χ1v) is 9.40. The Labute approximate surface area is 155 Å². The average molecular weight is 412 g/mol. The first kappa shape index (κ1) is 18.2. The Morgan fingerprint density at radius 2 is 2.16 bits per heavy atom. The van der Waals surface area contributed by atoms with Crippen molar-refractivity contribution in [2.45, 2.75) is 31.8 Å². The van der Waals surface area contributed by atoms with E-state index in [1.807, 2.05) is 0 Å². The normalized spacial score (nSPS) is 23.5. The zero-order valence-corrected chi connectivity index (χ0v) is 15.5. The van der Waals surface area contributed by atoms with Crippen LogP contribution in [-0.2, 0) is 9.53 Å². The van der Waals surface area contributed by atoms with Crippen LogP contribution in [0.4, 0.5) is 0 Å². The molecule has 2 fully saturated rings. The van der Waals surface area contributed by atoms with E-state index in [0.717, 1.165) is 19.4 Å². The van der Waals surface area contributed by atoms with Gasteiger partial charge in [-0.05, 0) is 59.8 Å². The lowest BCUT2D eigenvalue weighted by Gasteiger charge is -2.30. The van der Waals surface area contributed by atoms with Crippen molar-refractivity contribution < 1.29 is 24.2 Å². The maximum absolute atomic E-state index is 12.6. The summed E-state index contributed by atoms with van der Waals surface area (Å²) >= 11 is 3.45. The molecule has 0 radical (unpaired) electrons. The Hall–Kier alpha value is -1.60. The molecule has 2 saturated heterocycles. The van der Waals surface area contributed by atoms with Crippen LogP contribution in [0.25, 0.3) is 0 Å². The third-order valence-electron chi connectivity index (χ3n) is 4.69. The van der Waals surface area contributed by atoms with Gasteiger partial charge in [-0.25, -0.2) is 0 Å². The summed E-state index contributed by atoms with van der Waals surface area (Å²) in [7, 11) is 0. The Bertz CT molecular complexity index is 644. The van der Waals surface area contributed by atoms with Crippen molar-refractivity contribution in [1.82, 2.24) is 4.90 Å². The highest BCUT2D eigenvalue weighted by molar-refractivity contribution is 9.10. The summed E-state index contributed by atoms with van der Waals surface area (Å²) in [5.41, 5.74) is 0.530. The maximum Gasteiger partial charge on any atom is 0.308 e. The van der Waals surface area contributed by atoms with Crippen LogP contribution < -0.4 is 4.74 Å². The highest BCUT2D eigenvalue weighted by Gasteiger charge is 2.29. The lowest BCUT2D eigenvalue weighted by atomic mass is 9.97. The number of carbonyl (C=O) groups is 2. The van der Waals surface area contributed by atoms with Gasteiger partial charge in [-0.3, -0.25) is 9.59 Å². The summed E-state index contributed by atoms with van der Waals surface area (Å²) in [4.78, 5) is 25.4. The highest BCUT2D eigenvalue weighted by Crippen LogP contribution is 2.28. The number of carboxylic acids is 1. The maximum atomic E-state index is 12.6. The number of piperidine rings is 1. The summed E-state index contributed by atoms with van der Waals surface area (Å²) in [5, 5.41) is 9.17. The van der Waals surface area contributed by atoms with Crippen LogP contribution in [-0.4, -0.2) is 54.3 Å². The number of amides is 1. The number of nitrogens with zero attached hydrogens (tertiary/aromatic N) is 1. The smallest absolute Gasteiger partial charge is 0.308 e. The first-order valence-electron chi connectivity index (χ1n) is 8.60. The SMILES string of the molecule is O=C(O)C1CCCN(C(=O)c2ccc(OCC3CCCO3)c(Br)c2)C1. The van der Waals surface area contributed by atoms with Crippen molar-refractivity contribution in [2.75, 3.05) is 26.3 Å². The zero-order chi connectivity index (χ0) is 17.8. The van der Waals surface area contributed by atoms with E-state index < -0.39 is 11.9 Å². The Balaban J connectivity index is 1.62. The molecule has 2 aliphatic rings. The van der Waals surface area contributed by atoms with Crippen molar-refractivity contribution in [2.24, 2.45) is 5.92 Å². The molecule has 0 saturated carbocycles. The van der Waals surface area contributed by atoms with E-state index in [1.165, 1.54) is 0 Å². The second-order valence-corrected chi connectivity index (χ2v) is 7.37. The fourth-order valence-corrected chi connectivity index (χ4v) is 3.75. The van der Waals surface area contributed by atoms with Crippen LogP contribution in [0.15, 0.2) is 22.7 Å². The number of likely N-dealkylation sites (tertiary alicyclic amines) is 1. The summed E-state index contributed by atoms with van der Waals surface area (Å²) in [6.07, 6.45) is 3.55. The van der Waals surface area contributed by atoms with Gasteiger partial charge in [0.15, 0.2) is 0 Å². The minimum Gasteiger partial charge on any atom is -0.490 e. The molecule has 2 atom stereocenters. The van der Waals surface area contributed by atoms with Gasteiger partial charge in [-0.2, -0.15) is 0 Å². The average Bonchev–Trinajstić information content (AvgIpc) is 3.13. The van der Waals surface area contributed by atoms with E-state index in [1.54, 1.807) is 23.1 Å². The lowest BCUT2D eigenvalue weighted by Crippen LogP contribution is -2.42. The predicted molar refractivity (Wildman–Crippen MR) is 94.9 cm³/mol. The number of halogens is 1. The Kier molecular flexibility index (Phi) is 5.96.